The third-order valence-electron chi connectivity index (χ3n) is 4.72. The van der Waals surface area contributed by atoms with Crippen LogP contribution in [0.4, 0.5) is 0 Å². The summed E-state index contributed by atoms with van der Waals surface area (Å²) in [5.41, 5.74) is 0.314. The Kier molecular flexibility index (Phi) is 7.84. The lowest BCUT2D eigenvalue weighted by atomic mass is 9.97. The van der Waals surface area contributed by atoms with Crippen molar-refractivity contribution in [1.82, 2.24) is 10.2 Å². The second-order valence-electron chi connectivity index (χ2n) is 7.54. The second-order valence-corrected chi connectivity index (χ2v) is 7.54. The van der Waals surface area contributed by atoms with Gasteiger partial charge in [-0.05, 0) is 71.2 Å². The molecule has 0 radical (unpaired) electrons. The molecule has 0 bridgehead atoms. The van der Waals surface area contributed by atoms with E-state index in [2.05, 4.69) is 19.2 Å². The van der Waals surface area contributed by atoms with Gasteiger partial charge in [-0.2, -0.15) is 0 Å². The van der Waals surface area contributed by atoms with Crippen molar-refractivity contribution >= 4 is 17.8 Å². The van der Waals surface area contributed by atoms with E-state index in [9.17, 15) is 14.4 Å². The number of benzene rings is 1. The van der Waals surface area contributed by atoms with Gasteiger partial charge >= 0.3 is 5.97 Å². The Balaban J connectivity index is 1.82. The Morgan fingerprint density at radius 1 is 1.07 bits per heavy atom. The molecular weight excluding hydrogens is 360 g/mol. The zero-order chi connectivity index (χ0) is 20.7. The van der Waals surface area contributed by atoms with Gasteiger partial charge in [-0.25, -0.2) is 4.79 Å². The number of likely N-dealkylation sites (tertiary alicyclic amines) is 1. The van der Waals surface area contributed by atoms with Gasteiger partial charge in [0.05, 0.1) is 5.56 Å². The molecule has 1 aliphatic rings. The molecule has 7 nitrogen and oxygen atoms in total. The highest BCUT2D eigenvalue weighted by Gasteiger charge is 2.28. The minimum atomic E-state index is -0.586. The molecule has 0 spiro atoms. The molecule has 1 aromatic rings. The predicted octanol–water partition coefficient (Wildman–Crippen LogP) is 2.54. The summed E-state index contributed by atoms with van der Waals surface area (Å²) in [4.78, 5) is 37.9. The normalized spacial score (nSPS) is 19.2. The number of rotatable bonds is 7. The molecule has 0 aliphatic carbocycles. The molecule has 154 valence electrons. The van der Waals surface area contributed by atoms with Crippen LogP contribution in [0, 0.1) is 0 Å². The Morgan fingerprint density at radius 2 is 1.68 bits per heavy atom. The van der Waals surface area contributed by atoms with E-state index in [-0.39, 0.29) is 43.2 Å². The maximum Gasteiger partial charge on any atom is 0.338 e. The van der Waals surface area contributed by atoms with Gasteiger partial charge < -0.3 is 19.7 Å². The van der Waals surface area contributed by atoms with E-state index in [1.54, 1.807) is 24.3 Å². The summed E-state index contributed by atoms with van der Waals surface area (Å²) in [6.45, 7) is 7.43. The van der Waals surface area contributed by atoms with E-state index in [1.807, 2.05) is 18.7 Å². The van der Waals surface area contributed by atoms with Crippen LogP contribution in [0.1, 0.15) is 57.3 Å². The first-order valence-electron chi connectivity index (χ1n) is 9.78. The highest BCUT2D eigenvalue weighted by atomic mass is 16.5. The third kappa shape index (κ3) is 6.25. The molecule has 1 fully saturated rings. The Hall–Kier alpha value is -2.57. The number of ether oxygens (including phenoxy) is 2. The average Bonchev–Trinajstić information content (AvgIpc) is 2.64. The molecule has 1 heterocycles. The molecule has 2 rings (SSSR count). The van der Waals surface area contributed by atoms with Gasteiger partial charge in [-0.15, -0.1) is 0 Å². The number of esters is 1. The average molecular weight is 390 g/mol. The lowest BCUT2D eigenvalue weighted by Crippen LogP contribution is -2.49. The number of carbonyl (C=O) groups excluding carboxylic acids is 3. The lowest BCUT2D eigenvalue weighted by Gasteiger charge is -2.38. The van der Waals surface area contributed by atoms with Crippen molar-refractivity contribution in [2.45, 2.75) is 65.1 Å². The van der Waals surface area contributed by atoms with E-state index in [4.69, 9.17) is 9.47 Å². The van der Waals surface area contributed by atoms with E-state index in [0.717, 1.165) is 19.3 Å². The van der Waals surface area contributed by atoms with Crippen LogP contribution in [0.3, 0.4) is 0 Å². The van der Waals surface area contributed by atoms with Gasteiger partial charge in [0.2, 0.25) is 0 Å². The van der Waals surface area contributed by atoms with Crippen molar-refractivity contribution in [3.05, 3.63) is 29.8 Å². The fourth-order valence-corrected chi connectivity index (χ4v) is 3.40. The first-order chi connectivity index (χ1) is 13.3. The molecular formula is C21H30N2O5. The van der Waals surface area contributed by atoms with E-state index in [1.165, 1.54) is 0 Å². The van der Waals surface area contributed by atoms with Crippen molar-refractivity contribution in [2.24, 2.45) is 0 Å². The largest absolute Gasteiger partial charge is 0.484 e. The number of piperidine rings is 1. The highest BCUT2D eigenvalue weighted by Crippen LogP contribution is 2.23. The summed E-state index contributed by atoms with van der Waals surface area (Å²) in [5, 5.41) is 2.65. The molecule has 1 aromatic carbocycles. The van der Waals surface area contributed by atoms with Crippen LogP contribution in [0.2, 0.25) is 0 Å². The summed E-state index contributed by atoms with van der Waals surface area (Å²) in [5.74, 6) is -0.459. The second kappa shape index (κ2) is 10.1. The minimum Gasteiger partial charge on any atom is -0.484 e. The molecule has 28 heavy (non-hydrogen) atoms. The summed E-state index contributed by atoms with van der Waals surface area (Å²) in [6, 6.07) is 6.77. The van der Waals surface area contributed by atoms with Crippen molar-refractivity contribution in [2.75, 3.05) is 13.2 Å². The van der Waals surface area contributed by atoms with Crippen LogP contribution in [0.5, 0.6) is 5.75 Å². The topological polar surface area (TPSA) is 84.9 Å². The van der Waals surface area contributed by atoms with Crippen LogP contribution < -0.4 is 10.1 Å². The first kappa shape index (κ1) is 21.7. The smallest absolute Gasteiger partial charge is 0.338 e. The standard InChI is InChI=1S/C21H30N2O5/c1-14(2)22-19(24)12-28-21(26)17-8-10-18(11-9-17)27-13-20(25)23-15(3)6-5-7-16(23)4/h8-11,14-16H,5-7,12-13H2,1-4H3,(H,22,24). The van der Waals surface area contributed by atoms with Crippen molar-refractivity contribution in [3.63, 3.8) is 0 Å². The molecule has 1 N–H and O–H groups in total. The summed E-state index contributed by atoms with van der Waals surface area (Å²) in [6.07, 6.45) is 3.17. The zero-order valence-electron chi connectivity index (χ0n) is 17.1. The number of hydrogen-bond donors (Lipinski definition) is 1. The quantitative estimate of drug-likeness (QED) is 0.723. The van der Waals surface area contributed by atoms with Gasteiger partial charge in [-0.1, -0.05) is 0 Å². The number of amides is 2. The molecule has 0 saturated carbocycles. The SMILES string of the molecule is CC(C)NC(=O)COC(=O)c1ccc(OCC(=O)N2C(C)CCCC2C)cc1. The summed E-state index contributed by atoms with van der Waals surface area (Å²) in [7, 11) is 0. The van der Waals surface area contributed by atoms with Gasteiger partial charge in [0.1, 0.15) is 5.75 Å². The van der Waals surface area contributed by atoms with Crippen LogP contribution in [-0.2, 0) is 14.3 Å². The highest BCUT2D eigenvalue weighted by molar-refractivity contribution is 5.91. The third-order valence-corrected chi connectivity index (χ3v) is 4.72. The first-order valence-corrected chi connectivity index (χ1v) is 9.78. The van der Waals surface area contributed by atoms with Gasteiger partial charge in [0.15, 0.2) is 13.2 Å². The molecule has 1 saturated heterocycles. The van der Waals surface area contributed by atoms with Crippen LogP contribution in [0.15, 0.2) is 24.3 Å². The van der Waals surface area contributed by atoms with Crippen molar-refractivity contribution in [1.29, 1.82) is 0 Å². The molecule has 2 atom stereocenters. The Morgan fingerprint density at radius 3 is 2.25 bits per heavy atom. The van der Waals surface area contributed by atoms with Gasteiger partial charge in [0.25, 0.3) is 11.8 Å². The number of carbonyl (C=O) groups is 3. The van der Waals surface area contributed by atoms with E-state index >= 15 is 0 Å². The maximum absolute atomic E-state index is 12.5. The number of hydrogen-bond acceptors (Lipinski definition) is 5. The van der Waals surface area contributed by atoms with E-state index < -0.39 is 5.97 Å². The summed E-state index contributed by atoms with van der Waals surface area (Å²) < 4.78 is 10.6. The Bertz CT molecular complexity index is 677. The molecule has 2 unspecified atom stereocenters. The van der Waals surface area contributed by atoms with Crippen LogP contribution in [-0.4, -0.2) is 54.0 Å². The summed E-state index contributed by atoms with van der Waals surface area (Å²) >= 11 is 0. The van der Waals surface area contributed by atoms with Gasteiger partial charge in [-0.3, -0.25) is 9.59 Å². The Labute approximate surface area is 166 Å². The number of nitrogens with one attached hydrogen (secondary N) is 1. The van der Waals surface area contributed by atoms with Crippen molar-refractivity contribution < 1.29 is 23.9 Å². The van der Waals surface area contributed by atoms with E-state index in [0.29, 0.717) is 11.3 Å². The van der Waals surface area contributed by atoms with Crippen LogP contribution in [0.25, 0.3) is 0 Å². The monoisotopic (exact) mass is 390 g/mol. The van der Waals surface area contributed by atoms with Crippen molar-refractivity contribution in [3.8, 4) is 5.75 Å². The zero-order valence-corrected chi connectivity index (χ0v) is 17.1. The van der Waals surface area contributed by atoms with Crippen LogP contribution >= 0.6 is 0 Å². The molecule has 7 heteroatoms. The molecule has 0 aromatic heterocycles. The molecule has 1 aliphatic heterocycles. The fraction of sp³-hybridized carbons (Fsp3) is 0.571. The predicted molar refractivity (Wildman–Crippen MR) is 105 cm³/mol. The number of nitrogens with zero attached hydrogens (tertiary/aromatic N) is 1. The van der Waals surface area contributed by atoms with Gasteiger partial charge in [0, 0.05) is 18.1 Å². The fourth-order valence-electron chi connectivity index (χ4n) is 3.40. The lowest BCUT2D eigenvalue weighted by molar-refractivity contribution is -0.139. The minimum absolute atomic E-state index is 0.0127. The maximum atomic E-state index is 12.5. The molecule has 2 amide bonds.